The van der Waals surface area contributed by atoms with Crippen LogP contribution in [-0.4, -0.2) is 11.3 Å². The van der Waals surface area contributed by atoms with E-state index in [1.54, 1.807) is 0 Å². The van der Waals surface area contributed by atoms with E-state index in [-0.39, 0.29) is 44.6 Å². The van der Waals surface area contributed by atoms with E-state index in [2.05, 4.69) is 259 Å². The molecule has 4 aliphatic rings. The van der Waals surface area contributed by atoms with Gasteiger partial charge in [0.1, 0.15) is 0 Å². The third-order valence-electron chi connectivity index (χ3n) is 19.9. The Balaban J connectivity index is 1.18. The normalized spacial score (nSPS) is 17.9. The van der Waals surface area contributed by atoms with Crippen molar-refractivity contribution < 1.29 is 0 Å². The molecule has 14 rings (SSSR count). The number of fused-ring (bicyclic) bond motifs is 13. The van der Waals surface area contributed by atoms with E-state index < -0.39 is 0 Å². The number of thiophene rings is 2. The monoisotopic (exact) mass is 1090 g/mol. The third-order valence-corrected chi connectivity index (χ3v) is 22.4. The first-order valence-corrected chi connectivity index (χ1v) is 31.4. The van der Waals surface area contributed by atoms with Gasteiger partial charge in [-0.2, -0.15) is 0 Å². The molecule has 0 saturated heterocycles. The molecular formula is C74H80BN3S2. The molecule has 3 aromatic heterocycles. The number of aromatic nitrogens is 1. The van der Waals surface area contributed by atoms with Crippen LogP contribution in [0.3, 0.4) is 0 Å². The van der Waals surface area contributed by atoms with Crippen LogP contribution in [0.2, 0.25) is 0 Å². The summed E-state index contributed by atoms with van der Waals surface area (Å²) < 4.78 is 8.25. The molecule has 5 heterocycles. The van der Waals surface area contributed by atoms with E-state index in [4.69, 9.17) is 0 Å². The molecule has 2 aliphatic heterocycles. The minimum atomic E-state index is -0.0258. The minimum Gasteiger partial charge on any atom is -0.310 e. The molecule has 0 saturated carbocycles. The van der Waals surface area contributed by atoms with Gasteiger partial charge in [0.05, 0.1) is 28.1 Å². The molecule has 10 aromatic rings. The highest BCUT2D eigenvalue weighted by atomic mass is 32.1. The van der Waals surface area contributed by atoms with Crippen LogP contribution in [0, 0.1) is 0 Å². The van der Waals surface area contributed by atoms with Gasteiger partial charge in [0.25, 0.3) is 6.71 Å². The Morgan fingerprint density at radius 1 is 0.388 bits per heavy atom. The van der Waals surface area contributed by atoms with E-state index >= 15 is 0 Å². The molecule has 0 N–H and O–H groups in total. The van der Waals surface area contributed by atoms with E-state index in [0.29, 0.717) is 0 Å². The average Bonchev–Trinajstić information content (AvgIpc) is 4.24. The van der Waals surface area contributed by atoms with Gasteiger partial charge >= 0.3 is 0 Å². The molecule has 0 unspecified atom stereocenters. The van der Waals surface area contributed by atoms with Crippen LogP contribution in [0.25, 0.3) is 47.7 Å². The molecule has 0 amide bonds. The number of para-hydroxylation sites is 1. The summed E-state index contributed by atoms with van der Waals surface area (Å²) in [6, 6.07) is 51.6. The minimum absolute atomic E-state index is 0.00947. The van der Waals surface area contributed by atoms with Crippen molar-refractivity contribution in [3.05, 3.63) is 166 Å². The summed E-state index contributed by atoms with van der Waals surface area (Å²) in [7, 11) is 0. The summed E-state index contributed by atoms with van der Waals surface area (Å²) in [5, 5.41) is 5.41. The summed E-state index contributed by atoms with van der Waals surface area (Å²) in [6.07, 6.45) is 4.68. The third kappa shape index (κ3) is 7.62. The highest BCUT2D eigenvalue weighted by molar-refractivity contribution is 7.40. The van der Waals surface area contributed by atoms with Gasteiger partial charge in [-0.15, -0.1) is 22.7 Å². The van der Waals surface area contributed by atoms with Gasteiger partial charge in [-0.25, -0.2) is 0 Å². The number of rotatable bonds is 3. The van der Waals surface area contributed by atoms with Crippen LogP contribution in [-0.2, 0) is 37.9 Å². The van der Waals surface area contributed by atoms with E-state index in [0.717, 1.165) is 12.8 Å². The summed E-state index contributed by atoms with van der Waals surface area (Å²) >= 11 is 4.02. The number of nitrogens with zero attached hydrogens (tertiary/aromatic N) is 3. The van der Waals surface area contributed by atoms with E-state index in [1.165, 1.54) is 149 Å². The number of hydrogen-bond acceptors (Lipinski definition) is 4. The summed E-state index contributed by atoms with van der Waals surface area (Å²) in [4.78, 5) is 5.39. The largest absolute Gasteiger partial charge is 0.310 e. The van der Waals surface area contributed by atoms with Crippen LogP contribution in [0.5, 0.6) is 0 Å². The Morgan fingerprint density at radius 2 is 0.762 bits per heavy atom. The highest BCUT2D eigenvalue weighted by Crippen LogP contribution is 2.55. The predicted octanol–water partition coefficient (Wildman–Crippen LogP) is 19.9. The molecular weight excluding hydrogens is 1010 g/mol. The predicted molar refractivity (Wildman–Crippen MR) is 352 cm³/mol. The molecule has 3 nitrogen and oxygen atoms in total. The number of benzene rings is 7. The molecule has 0 atom stereocenters. The summed E-state index contributed by atoms with van der Waals surface area (Å²) in [6.45, 7) is 41.1. The maximum absolute atomic E-state index is 2.73. The van der Waals surface area contributed by atoms with Gasteiger partial charge in [-0.1, -0.05) is 160 Å². The van der Waals surface area contributed by atoms with E-state index in [1.807, 2.05) is 22.7 Å². The fourth-order valence-electron chi connectivity index (χ4n) is 14.7. The lowest BCUT2D eigenvalue weighted by molar-refractivity contribution is 0.332. The first-order chi connectivity index (χ1) is 37.5. The van der Waals surface area contributed by atoms with Crippen molar-refractivity contribution in [2.24, 2.45) is 0 Å². The lowest BCUT2D eigenvalue weighted by Crippen LogP contribution is -2.59. The second kappa shape index (κ2) is 16.8. The standard InChI is InChI=1S/C74H80BN3S2/c1-68(2,3)43-23-27-47(28-24-43)78-60-38-48(76-57-41-55-53(71(10,11)31-33-73(55,14)15)39-49(57)50-40-54-56(42-58(50)76)74(16,17)34-32-72(54,12)13)37-59-63(60)75(67-65(78)52-36-45(70(7,8)9)26-30-62(52)80-67)66-64(77(59)46-21-19-18-20-22-46)51-35-44(69(4,5)6)25-29-61(51)79-66/h18-30,35-42H,31-34H2,1-17H3. The van der Waals surface area contributed by atoms with Crippen molar-refractivity contribution in [1.82, 2.24) is 4.57 Å². The van der Waals surface area contributed by atoms with Crippen molar-refractivity contribution in [2.45, 2.75) is 181 Å². The van der Waals surface area contributed by atoms with Crippen molar-refractivity contribution in [2.75, 3.05) is 9.80 Å². The molecule has 2 aliphatic carbocycles. The van der Waals surface area contributed by atoms with Crippen LogP contribution in [0.1, 0.15) is 182 Å². The lowest BCUT2D eigenvalue weighted by atomic mass is 9.39. The molecule has 7 aromatic carbocycles. The van der Waals surface area contributed by atoms with Gasteiger partial charge < -0.3 is 14.4 Å². The van der Waals surface area contributed by atoms with Gasteiger partial charge in [-0.3, -0.25) is 0 Å². The fourth-order valence-corrected chi connectivity index (χ4v) is 17.3. The first kappa shape index (κ1) is 52.0. The first-order valence-electron chi connectivity index (χ1n) is 29.8. The Labute approximate surface area is 485 Å². The zero-order valence-electron chi connectivity index (χ0n) is 50.7. The maximum Gasteiger partial charge on any atom is 0.277 e. The summed E-state index contributed by atoms with van der Waals surface area (Å²) in [5.74, 6) is 0. The topological polar surface area (TPSA) is 11.4 Å². The van der Waals surface area contributed by atoms with Crippen molar-refractivity contribution >= 4 is 121 Å². The average molecular weight is 1090 g/mol. The quantitative estimate of drug-likeness (QED) is 0.163. The van der Waals surface area contributed by atoms with Crippen LogP contribution < -0.4 is 24.8 Å². The maximum atomic E-state index is 2.73. The van der Waals surface area contributed by atoms with Crippen LogP contribution in [0.4, 0.5) is 34.1 Å². The van der Waals surface area contributed by atoms with Gasteiger partial charge in [0.2, 0.25) is 0 Å². The summed E-state index contributed by atoms with van der Waals surface area (Å²) in [5.41, 5.74) is 23.0. The van der Waals surface area contributed by atoms with Crippen molar-refractivity contribution in [3.63, 3.8) is 0 Å². The van der Waals surface area contributed by atoms with Gasteiger partial charge in [0.15, 0.2) is 0 Å². The zero-order valence-corrected chi connectivity index (χ0v) is 52.3. The second-order valence-corrected chi connectivity index (χ2v) is 32.6. The van der Waals surface area contributed by atoms with Crippen molar-refractivity contribution in [1.29, 1.82) is 0 Å². The molecule has 0 spiro atoms. The van der Waals surface area contributed by atoms with Crippen LogP contribution in [0.15, 0.2) is 127 Å². The lowest BCUT2D eigenvalue weighted by Gasteiger charge is -2.43. The molecule has 0 bridgehead atoms. The van der Waals surface area contributed by atoms with Crippen LogP contribution >= 0.6 is 22.7 Å². The molecule has 6 heteroatoms. The van der Waals surface area contributed by atoms with Crippen molar-refractivity contribution in [3.8, 4) is 5.69 Å². The number of anilines is 6. The zero-order chi connectivity index (χ0) is 56.3. The molecule has 406 valence electrons. The van der Waals surface area contributed by atoms with Gasteiger partial charge in [0, 0.05) is 63.2 Å². The smallest absolute Gasteiger partial charge is 0.277 e. The second-order valence-electron chi connectivity index (χ2n) is 30.4. The number of hydrogen-bond donors (Lipinski definition) is 0. The SMILES string of the molecule is CC(C)(C)c1ccc(N2c3cc(-n4c5cc6c(cc5c5cc7c(cc54)C(C)(C)CCC7(C)C)C(C)(C)CCC6(C)C)cc4c3B(c3sc5ccc(C(C)(C)C)cc5c3N4c3ccccc3)c3sc4ccc(C(C)(C)C)cc4c32)cc1. The fraction of sp³-hybridized carbons (Fsp3) is 0.378. The Hall–Kier alpha value is -6.08. The Bertz CT molecular complexity index is 4150. The molecule has 0 radical (unpaired) electrons. The highest BCUT2D eigenvalue weighted by Gasteiger charge is 2.48. The van der Waals surface area contributed by atoms with E-state index in [9.17, 15) is 0 Å². The Kier molecular flexibility index (Phi) is 10.9. The Morgan fingerprint density at radius 3 is 1.16 bits per heavy atom. The molecule has 0 fully saturated rings. The van der Waals surface area contributed by atoms with Gasteiger partial charge in [-0.05, 0) is 193 Å². The molecule has 80 heavy (non-hydrogen) atoms.